The van der Waals surface area contributed by atoms with Gasteiger partial charge < -0.3 is 0 Å². The summed E-state index contributed by atoms with van der Waals surface area (Å²) >= 11 is 6.03. The Kier molecular flexibility index (Phi) is 2.50. The quantitative estimate of drug-likeness (QED) is 0.634. The van der Waals surface area contributed by atoms with E-state index >= 15 is 0 Å². The van der Waals surface area contributed by atoms with Gasteiger partial charge in [0.05, 0.1) is 5.02 Å². The van der Waals surface area contributed by atoms with Gasteiger partial charge in [0.15, 0.2) is 0 Å². The first-order valence-corrected chi connectivity index (χ1v) is 6.68. The Hall–Kier alpha value is -0.140. The summed E-state index contributed by atoms with van der Waals surface area (Å²) in [6.07, 6.45) is 6.73. The van der Waals surface area contributed by atoms with Crippen LogP contribution in [0.4, 0.5) is 0 Å². The fourth-order valence-electron chi connectivity index (χ4n) is 0.941. The molecular weight excluding hydrogens is 176 g/mol. The third kappa shape index (κ3) is 2.14. The second-order valence-electron chi connectivity index (χ2n) is 3.27. The van der Waals surface area contributed by atoms with Gasteiger partial charge in [-0.3, -0.25) is 0 Å². The van der Waals surface area contributed by atoms with Crippen LogP contribution in [0.3, 0.4) is 0 Å². The van der Waals surface area contributed by atoms with Gasteiger partial charge in [-0.2, -0.15) is 0 Å². The minimum absolute atomic E-state index is 0.665. The average molecular weight is 189 g/mol. The molecule has 0 heterocycles. The normalized spacial score (nSPS) is 13.1. The average Bonchev–Trinajstić information content (AvgIpc) is 1.86. The third-order valence-corrected chi connectivity index (χ3v) is 3.61. The zero-order valence-corrected chi connectivity index (χ0v) is 8.67. The molecule has 0 fully saturated rings. The Morgan fingerprint density at radius 2 is 1.64 bits per heavy atom. The number of hydrogen-bond acceptors (Lipinski definition) is 0. The fourth-order valence-corrected chi connectivity index (χ4v) is 2.91. The second-order valence-corrected chi connectivity index (χ2v) is 7.79. The lowest BCUT2D eigenvalue weighted by Crippen LogP contribution is -1.92. The van der Waals surface area contributed by atoms with Crippen molar-refractivity contribution in [3.8, 4) is 0 Å². The molecule has 0 saturated carbocycles. The minimum atomic E-state index is -0.665. The van der Waals surface area contributed by atoms with Gasteiger partial charge in [0.2, 0.25) is 0 Å². The largest absolute Gasteiger partial charge is 0.222 e. The molecule has 0 aliphatic carbocycles. The van der Waals surface area contributed by atoms with Crippen molar-refractivity contribution in [2.24, 2.45) is 0 Å². The van der Waals surface area contributed by atoms with E-state index < -0.39 is 10.0 Å². The summed E-state index contributed by atoms with van der Waals surface area (Å²) in [4.78, 5) is 1.29. The molecule has 0 aromatic heterocycles. The lowest BCUT2D eigenvalue weighted by Gasteiger charge is -2.26. The summed E-state index contributed by atoms with van der Waals surface area (Å²) in [6, 6.07) is 8.07. The van der Waals surface area contributed by atoms with Gasteiger partial charge in [-0.15, -0.1) is 0 Å². The SMILES string of the molecule is CS(C)(C)c1ccccc1Cl. The maximum atomic E-state index is 6.03. The Morgan fingerprint density at radius 1 is 1.09 bits per heavy atom. The molecule has 0 N–H and O–H groups in total. The first kappa shape index (κ1) is 8.95. The van der Waals surface area contributed by atoms with E-state index in [1.54, 1.807) is 0 Å². The maximum Gasteiger partial charge on any atom is 0.0526 e. The molecule has 1 rings (SSSR count). The number of hydrogen-bond donors (Lipinski definition) is 0. The highest BCUT2D eigenvalue weighted by Gasteiger charge is 2.10. The summed E-state index contributed by atoms with van der Waals surface area (Å²) in [7, 11) is -0.665. The Morgan fingerprint density at radius 3 is 2.00 bits per heavy atom. The Balaban J connectivity index is 3.14. The van der Waals surface area contributed by atoms with E-state index in [-0.39, 0.29) is 0 Å². The van der Waals surface area contributed by atoms with E-state index in [0.29, 0.717) is 0 Å². The first-order valence-electron chi connectivity index (χ1n) is 3.45. The zero-order valence-electron chi connectivity index (χ0n) is 7.10. The van der Waals surface area contributed by atoms with Crippen LogP contribution in [-0.2, 0) is 0 Å². The smallest absolute Gasteiger partial charge is 0.0526 e. The molecule has 0 atom stereocenters. The highest BCUT2D eigenvalue weighted by Crippen LogP contribution is 2.48. The summed E-state index contributed by atoms with van der Waals surface area (Å²) in [5.74, 6) is 0. The summed E-state index contributed by atoms with van der Waals surface area (Å²) in [5, 5.41) is 0.898. The lowest BCUT2D eigenvalue weighted by atomic mass is 10.4. The van der Waals surface area contributed by atoms with Crippen LogP contribution in [0.15, 0.2) is 29.2 Å². The van der Waals surface area contributed by atoms with Crippen LogP contribution in [0, 0.1) is 0 Å². The van der Waals surface area contributed by atoms with Gasteiger partial charge in [-0.1, -0.05) is 23.7 Å². The van der Waals surface area contributed by atoms with Gasteiger partial charge in [0.25, 0.3) is 0 Å². The summed E-state index contributed by atoms with van der Waals surface area (Å²) in [6.45, 7) is 0. The van der Waals surface area contributed by atoms with Gasteiger partial charge >= 0.3 is 0 Å². The van der Waals surface area contributed by atoms with Gasteiger partial charge in [0.1, 0.15) is 0 Å². The van der Waals surface area contributed by atoms with Gasteiger partial charge in [-0.05, 0) is 30.9 Å². The molecular formula is C9H13ClS. The molecule has 0 saturated heterocycles. The first-order chi connectivity index (χ1) is 5.02. The maximum absolute atomic E-state index is 6.03. The fraction of sp³-hybridized carbons (Fsp3) is 0.333. The second kappa shape index (κ2) is 3.08. The van der Waals surface area contributed by atoms with E-state index in [4.69, 9.17) is 11.6 Å². The topological polar surface area (TPSA) is 0 Å². The van der Waals surface area contributed by atoms with Crippen LogP contribution in [0.1, 0.15) is 0 Å². The van der Waals surface area contributed by atoms with Crippen LogP contribution >= 0.6 is 21.6 Å². The van der Waals surface area contributed by atoms with E-state index in [1.165, 1.54) is 4.90 Å². The molecule has 0 unspecified atom stereocenters. The molecule has 0 radical (unpaired) electrons. The third-order valence-electron chi connectivity index (χ3n) is 1.50. The molecule has 0 nitrogen and oxygen atoms in total. The predicted octanol–water partition coefficient (Wildman–Crippen LogP) is 3.39. The molecule has 0 aliphatic heterocycles. The lowest BCUT2D eigenvalue weighted by molar-refractivity contribution is 1.44. The van der Waals surface area contributed by atoms with Crippen molar-refractivity contribution in [3.05, 3.63) is 29.3 Å². The van der Waals surface area contributed by atoms with Gasteiger partial charge in [0, 0.05) is 4.90 Å². The van der Waals surface area contributed by atoms with E-state index in [2.05, 4.69) is 24.8 Å². The summed E-state index contributed by atoms with van der Waals surface area (Å²) < 4.78 is 0. The molecule has 62 valence electrons. The Bertz CT molecular complexity index is 250. The van der Waals surface area contributed by atoms with Crippen LogP contribution < -0.4 is 0 Å². The standard InChI is InChI=1S/C9H13ClS/c1-11(2,3)9-7-5-4-6-8(9)10/h4-7H,1-3H3. The Labute approximate surface area is 74.9 Å². The van der Waals surface area contributed by atoms with Crippen molar-refractivity contribution in [1.29, 1.82) is 0 Å². The number of benzene rings is 1. The molecule has 11 heavy (non-hydrogen) atoms. The predicted molar refractivity (Wildman–Crippen MR) is 55.1 cm³/mol. The number of halogens is 1. The van der Waals surface area contributed by atoms with Gasteiger partial charge in [-0.25, -0.2) is 10.0 Å². The van der Waals surface area contributed by atoms with Crippen LogP contribution in [0.5, 0.6) is 0 Å². The van der Waals surface area contributed by atoms with Crippen LogP contribution in [0.2, 0.25) is 5.02 Å². The number of rotatable bonds is 1. The van der Waals surface area contributed by atoms with Crippen molar-refractivity contribution in [2.75, 3.05) is 18.8 Å². The van der Waals surface area contributed by atoms with E-state index in [1.807, 2.05) is 18.2 Å². The molecule has 2 heteroatoms. The van der Waals surface area contributed by atoms with Crippen LogP contribution in [-0.4, -0.2) is 18.8 Å². The van der Waals surface area contributed by atoms with E-state index in [0.717, 1.165) is 5.02 Å². The zero-order chi connectivity index (χ0) is 8.48. The molecule has 0 bridgehead atoms. The minimum Gasteiger partial charge on any atom is -0.222 e. The molecule has 1 aromatic carbocycles. The van der Waals surface area contributed by atoms with E-state index in [9.17, 15) is 0 Å². The van der Waals surface area contributed by atoms with Crippen LogP contribution in [0.25, 0.3) is 0 Å². The molecule has 0 spiro atoms. The van der Waals surface area contributed by atoms with Crippen molar-refractivity contribution in [1.82, 2.24) is 0 Å². The van der Waals surface area contributed by atoms with Crippen molar-refractivity contribution in [3.63, 3.8) is 0 Å². The summed E-state index contributed by atoms with van der Waals surface area (Å²) in [5.41, 5.74) is 0. The van der Waals surface area contributed by atoms with Crippen molar-refractivity contribution < 1.29 is 0 Å². The highest BCUT2D eigenvalue weighted by molar-refractivity contribution is 8.32. The highest BCUT2D eigenvalue weighted by atomic mass is 35.5. The molecule has 0 aliphatic rings. The van der Waals surface area contributed by atoms with Crippen molar-refractivity contribution in [2.45, 2.75) is 4.90 Å². The van der Waals surface area contributed by atoms with Crippen molar-refractivity contribution >= 4 is 21.6 Å². The molecule has 1 aromatic rings. The monoisotopic (exact) mass is 188 g/mol. The molecule has 0 amide bonds.